The minimum absolute atomic E-state index is 0.142. The highest BCUT2D eigenvalue weighted by Crippen LogP contribution is 2.43. The lowest BCUT2D eigenvalue weighted by Gasteiger charge is -2.37. The lowest BCUT2D eigenvalue weighted by Crippen LogP contribution is -2.40. The van der Waals surface area contributed by atoms with E-state index >= 15 is 0 Å². The number of ether oxygens (including phenoxy) is 2. The first-order valence-electron chi connectivity index (χ1n) is 10.4. The summed E-state index contributed by atoms with van der Waals surface area (Å²) in [7, 11) is 0. The molecule has 3 atom stereocenters. The standard InChI is InChI=1S/C25H22N2O4/c1-2-30-25(29)23-22(15-9-3-6-12-18(15)26-23)27-24(28)21-16-10-4-7-13-19(16)31-20-14-8-5-11-17(20)21/h3-14,16,19,21,26H,2H2,1H3,(H,27,28). The Hall–Kier alpha value is -3.80. The van der Waals surface area contributed by atoms with Crippen LogP contribution in [0, 0.1) is 5.92 Å². The van der Waals surface area contributed by atoms with Crippen molar-refractivity contribution in [2.24, 2.45) is 5.92 Å². The Labute approximate surface area is 179 Å². The number of nitrogens with one attached hydrogen (secondary N) is 2. The second-order valence-corrected chi connectivity index (χ2v) is 7.58. The van der Waals surface area contributed by atoms with Gasteiger partial charge in [-0.1, -0.05) is 54.6 Å². The summed E-state index contributed by atoms with van der Waals surface area (Å²) in [6, 6.07) is 15.1. The highest BCUT2D eigenvalue weighted by Gasteiger charge is 2.41. The number of rotatable bonds is 4. The van der Waals surface area contributed by atoms with Crippen LogP contribution in [0.2, 0.25) is 0 Å². The Kier molecular flexibility index (Phi) is 4.82. The van der Waals surface area contributed by atoms with Crippen molar-refractivity contribution >= 4 is 28.5 Å². The summed E-state index contributed by atoms with van der Waals surface area (Å²) in [6.45, 7) is 2.00. The third-order valence-corrected chi connectivity index (χ3v) is 5.74. The predicted octanol–water partition coefficient (Wildman–Crippen LogP) is 4.57. The van der Waals surface area contributed by atoms with Crippen LogP contribution in [0.1, 0.15) is 28.9 Å². The summed E-state index contributed by atoms with van der Waals surface area (Å²) >= 11 is 0. The molecule has 3 aromatic rings. The first-order valence-corrected chi connectivity index (χ1v) is 10.4. The van der Waals surface area contributed by atoms with Gasteiger partial charge in [-0.15, -0.1) is 0 Å². The largest absolute Gasteiger partial charge is 0.485 e. The number of para-hydroxylation sites is 2. The van der Waals surface area contributed by atoms with Gasteiger partial charge in [-0.2, -0.15) is 0 Å². The molecule has 0 fully saturated rings. The highest BCUT2D eigenvalue weighted by atomic mass is 16.5. The number of hydrogen-bond donors (Lipinski definition) is 2. The van der Waals surface area contributed by atoms with Crippen LogP contribution < -0.4 is 10.1 Å². The number of carbonyl (C=O) groups excluding carboxylic acids is 2. The van der Waals surface area contributed by atoms with Crippen molar-refractivity contribution < 1.29 is 19.1 Å². The maximum Gasteiger partial charge on any atom is 0.356 e. The molecule has 2 aromatic carbocycles. The molecule has 1 aromatic heterocycles. The monoisotopic (exact) mass is 414 g/mol. The number of allylic oxidation sites excluding steroid dienone is 2. The second-order valence-electron chi connectivity index (χ2n) is 7.58. The first kappa shape index (κ1) is 19.2. The van der Waals surface area contributed by atoms with Crippen molar-refractivity contribution in [1.29, 1.82) is 0 Å². The second kappa shape index (κ2) is 7.80. The quantitative estimate of drug-likeness (QED) is 0.613. The number of amides is 1. The average molecular weight is 414 g/mol. The van der Waals surface area contributed by atoms with Crippen LogP contribution in [0.5, 0.6) is 5.75 Å². The van der Waals surface area contributed by atoms with E-state index in [0.717, 1.165) is 16.5 Å². The van der Waals surface area contributed by atoms with Crippen molar-refractivity contribution in [3.8, 4) is 5.75 Å². The van der Waals surface area contributed by atoms with E-state index in [9.17, 15) is 9.59 Å². The van der Waals surface area contributed by atoms with Crippen LogP contribution in [0.25, 0.3) is 10.9 Å². The zero-order valence-corrected chi connectivity index (χ0v) is 17.0. The van der Waals surface area contributed by atoms with Gasteiger partial charge in [0.1, 0.15) is 17.5 Å². The van der Waals surface area contributed by atoms with Gasteiger partial charge in [0.2, 0.25) is 5.91 Å². The number of aromatic nitrogens is 1. The third-order valence-electron chi connectivity index (χ3n) is 5.74. The predicted molar refractivity (Wildman–Crippen MR) is 118 cm³/mol. The smallest absolute Gasteiger partial charge is 0.356 e. The maximum atomic E-state index is 13.7. The molecule has 2 heterocycles. The van der Waals surface area contributed by atoms with Crippen LogP contribution in [0.4, 0.5) is 5.69 Å². The van der Waals surface area contributed by atoms with Crippen LogP contribution >= 0.6 is 0 Å². The summed E-state index contributed by atoms with van der Waals surface area (Å²) in [5.41, 5.74) is 2.27. The van der Waals surface area contributed by atoms with Gasteiger partial charge < -0.3 is 19.8 Å². The van der Waals surface area contributed by atoms with Gasteiger partial charge in [0.15, 0.2) is 0 Å². The van der Waals surface area contributed by atoms with E-state index in [1.54, 1.807) is 6.92 Å². The molecule has 6 nitrogen and oxygen atoms in total. The molecule has 3 unspecified atom stereocenters. The molecular weight excluding hydrogens is 392 g/mol. The summed E-state index contributed by atoms with van der Waals surface area (Å²) in [4.78, 5) is 29.3. The maximum absolute atomic E-state index is 13.7. The molecule has 31 heavy (non-hydrogen) atoms. The molecule has 0 spiro atoms. The van der Waals surface area contributed by atoms with Crippen molar-refractivity contribution in [2.45, 2.75) is 18.9 Å². The number of esters is 1. The normalized spacial score (nSPS) is 21.1. The lowest BCUT2D eigenvalue weighted by molar-refractivity contribution is -0.119. The van der Waals surface area contributed by atoms with Gasteiger partial charge in [0.25, 0.3) is 0 Å². The Morgan fingerprint density at radius 2 is 1.84 bits per heavy atom. The Morgan fingerprint density at radius 3 is 2.71 bits per heavy atom. The molecular formula is C25H22N2O4. The van der Waals surface area contributed by atoms with E-state index in [0.29, 0.717) is 11.4 Å². The zero-order chi connectivity index (χ0) is 21.4. The van der Waals surface area contributed by atoms with E-state index in [1.165, 1.54) is 0 Å². The minimum atomic E-state index is -0.500. The molecule has 1 aliphatic carbocycles. The number of benzene rings is 2. The van der Waals surface area contributed by atoms with Gasteiger partial charge in [-0.05, 0) is 25.1 Å². The zero-order valence-electron chi connectivity index (χ0n) is 17.0. The van der Waals surface area contributed by atoms with Gasteiger partial charge in [-0.25, -0.2) is 4.79 Å². The van der Waals surface area contributed by atoms with E-state index in [2.05, 4.69) is 10.3 Å². The van der Waals surface area contributed by atoms with E-state index < -0.39 is 11.9 Å². The summed E-state index contributed by atoms with van der Waals surface area (Å²) in [6.07, 6.45) is 7.63. The molecule has 2 N–H and O–H groups in total. The molecule has 0 radical (unpaired) electrons. The molecule has 6 heteroatoms. The molecule has 5 rings (SSSR count). The van der Waals surface area contributed by atoms with Gasteiger partial charge >= 0.3 is 5.97 Å². The number of hydrogen-bond acceptors (Lipinski definition) is 4. The summed E-state index contributed by atoms with van der Waals surface area (Å²) < 4.78 is 11.3. The van der Waals surface area contributed by atoms with Gasteiger partial charge in [-0.3, -0.25) is 4.79 Å². The van der Waals surface area contributed by atoms with Gasteiger partial charge in [0, 0.05) is 22.4 Å². The first-order chi connectivity index (χ1) is 15.2. The molecule has 0 saturated heterocycles. The number of carbonyl (C=O) groups is 2. The molecule has 1 aliphatic heterocycles. The Bertz CT molecular complexity index is 1220. The SMILES string of the molecule is CCOC(=O)c1[nH]c2ccccc2c1NC(=O)C1c2ccccc2OC2C=CC=CC21. The molecule has 1 amide bonds. The van der Waals surface area contributed by atoms with Crippen LogP contribution in [-0.4, -0.2) is 29.6 Å². The Balaban J connectivity index is 1.56. The third kappa shape index (κ3) is 3.30. The van der Waals surface area contributed by atoms with E-state index in [1.807, 2.05) is 72.8 Å². The molecule has 0 bridgehead atoms. The van der Waals surface area contributed by atoms with Crippen molar-refractivity contribution in [2.75, 3.05) is 11.9 Å². The van der Waals surface area contributed by atoms with Crippen LogP contribution in [0.15, 0.2) is 72.8 Å². The fourth-order valence-corrected chi connectivity index (χ4v) is 4.37. The number of aromatic amines is 1. The summed E-state index contributed by atoms with van der Waals surface area (Å²) in [5.74, 6) is -0.592. The lowest BCUT2D eigenvalue weighted by atomic mass is 9.77. The summed E-state index contributed by atoms with van der Waals surface area (Å²) in [5, 5.41) is 3.79. The Morgan fingerprint density at radius 1 is 1.06 bits per heavy atom. The number of fused-ring (bicyclic) bond motifs is 3. The van der Waals surface area contributed by atoms with E-state index in [-0.39, 0.29) is 30.2 Å². The highest BCUT2D eigenvalue weighted by molar-refractivity contribution is 6.12. The van der Waals surface area contributed by atoms with Crippen LogP contribution in [0.3, 0.4) is 0 Å². The van der Waals surface area contributed by atoms with Crippen molar-refractivity contribution in [3.63, 3.8) is 0 Å². The molecule has 2 aliphatic rings. The van der Waals surface area contributed by atoms with Crippen molar-refractivity contribution in [3.05, 3.63) is 84.1 Å². The fourth-order valence-electron chi connectivity index (χ4n) is 4.37. The average Bonchev–Trinajstić information content (AvgIpc) is 3.16. The fraction of sp³-hybridized carbons (Fsp3) is 0.200. The number of anilines is 1. The molecule has 0 saturated carbocycles. The minimum Gasteiger partial charge on any atom is -0.485 e. The van der Waals surface area contributed by atoms with Gasteiger partial charge in [0.05, 0.1) is 18.2 Å². The molecule has 156 valence electrons. The topological polar surface area (TPSA) is 80.4 Å². The van der Waals surface area contributed by atoms with Crippen molar-refractivity contribution in [1.82, 2.24) is 4.98 Å². The number of H-pyrrole nitrogens is 1. The van der Waals surface area contributed by atoms with E-state index in [4.69, 9.17) is 9.47 Å². The van der Waals surface area contributed by atoms with Crippen LogP contribution in [-0.2, 0) is 9.53 Å².